The average molecular weight is 692 g/mol. The van der Waals surface area contributed by atoms with Gasteiger partial charge in [-0.05, 0) is 25.7 Å². The third-order valence-electron chi connectivity index (χ3n) is 6.99. The molecule has 0 radical (unpaired) electrons. The van der Waals surface area contributed by atoms with Gasteiger partial charge in [0.1, 0.15) is 0 Å². The van der Waals surface area contributed by atoms with Gasteiger partial charge < -0.3 is 9.11 Å². The largest absolute Gasteiger partial charge is 2.00 e. The van der Waals surface area contributed by atoms with Crippen molar-refractivity contribution in [1.82, 2.24) is 0 Å². The normalized spacial score (nSPS) is 13.4. The van der Waals surface area contributed by atoms with E-state index in [0.717, 1.165) is 25.7 Å². The Morgan fingerprint density at radius 1 is 0.432 bits per heavy atom. The fourth-order valence-corrected chi connectivity index (χ4v) is 6.20. The van der Waals surface area contributed by atoms with E-state index in [1.807, 2.05) is 0 Å². The predicted molar refractivity (Wildman–Crippen MR) is 157 cm³/mol. The summed E-state index contributed by atoms with van der Waals surface area (Å²) >= 11 is 0. The molecule has 0 aromatic carbocycles. The molecule has 0 heterocycles. The number of rotatable bonds is 24. The Labute approximate surface area is 271 Å². The fourth-order valence-electron chi connectivity index (χ4n) is 4.47. The molecule has 0 aromatic heterocycles. The molecule has 0 aliphatic carbocycles. The van der Waals surface area contributed by atoms with Gasteiger partial charge in [-0.3, -0.25) is 0 Å². The second-order valence-electron chi connectivity index (χ2n) is 10.3. The molecule has 0 aliphatic heterocycles. The fraction of sp³-hybridized carbons (Fsp3) is 1.00. The van der Waals surface area contributed by atoms with Gasteiger partial charge in [0, 0.05) is 10.5 Å². The Kier molecular flexibility index (Phi) is 33.5. The minimum absolute atomic E-state index is 0. The molecule has 0 aromatic rings. The summed E-state index contributed by atoms with van der Waals surface area (Å²) in [6.45, 7) is 7.98. The van der Waals surface area contributed by atoms with Gasteiger partial charge in [-0.25, -0.2) is 16.8 Å². The molecule has 2 atom stereocenters. The third-order valence-corrected chi connectivity index (χ3v) is 9.76. The van der Waals surface area contributed by atoms with Crippen LogP contribution in [0.5, 0.6) is 0 Å². The summed E-state index contributed by atoms with van der Waals surface area (Å²) in [6.07, 6.45) is 23.8. The Hall–Kier alpha value is 1.39. The average Bonchev–Trinajstić information content (AvgIpc) is 2.80. The summed E-state index contributed by atoms with van der Waals surface area (Å²) in [5.74, 6) is 0. The maximum atomic E-state index is 10.9. The molecule has 0 amide bonds. The van der Waals surface area contributed by atoms with Gasteiger partial charge in [-0.1, -0.05) is 143 Å². The van der Waals surface area contributed by atoms with Gasteiger partial charge in [-0.15, -0.1) is 0 Å². The van der Waals surface area contributed by atoms with E-state index in [-0.39, 0.29) is 48.9 Å². The summed E-state index contributed by atoms with van der Waals surface area (Å²) in [4.78, 5) is 0. The van der Waals surface area contributed by atoms with Gasteiger partial charge in [0.25, 0.3) is 0 Å². The van der Waals surface area contributed by atoms with Crippen LogP contribution in [0.15, 0.2) is 0 Å². The summed E-state index contributed by atoms with van der Waals surface area (Å²) < 4.78 is 65.2. The second-order valence-corrected chi connectivity index (χ2v) is 13.6. The van der Waals surface area contributed by atoms with Gasteiger partial charge in [0.15, 0.2) is 0 Å². The van der Waals surface area contributed by atoms with Crippen LogP contribution in [-0.2, 0) is 20.2 Å². The molecule has 0 spiro atoms. The first-order valence-corrected chi connectivity index (χ1v) is 17.9. The molecule has 9 heteroatoms. The van der Waals surface area contributed by atoms with E-state index in [1.165, 1.54) is 89.9 Å². The predicted octanol–water partition coefficient (Wildman–Crippen LogP) is 8.08. The first-order valence-electron chi connectivity index (χ1n) is 14.9. The summed E-state index contributed by atoms with van der Waals surface area (Å²) in [5, 5.41) is -1.33. The van der Waals surface area contributed by atoms with E-state index in [9.17, 15) is 25.9 Å². The Balaban J connectivity index is -0.000000608. The van der Waals surface area contributed by atoms with Crippen LogP contribution in [0.2, 0.25) is 0 Å². The molecule has 6 nitrogen and oxygen atoms in total. The van der Waals surface area contributed by atoms with Crippen molar-refractivity contribution in [3.05, 3.63) is 0 Å². The van der Waals surface area contributed by atoms with Gasteiger partial charge in [0.05, 0.1) is 20.2 Å². The van der Waals surface area contributed by atoms with Crippen molar-refractivity contribution in [2.24, 2.45) is 0 Å². The first-order chi connectivity index (χ1) is 17.0. The van der Waals surface area contributed by atoms with Crippen molar-refractivity contribution in [1.29, 1.82) is 0 Å². The van der Waals surface area contributed by atoms with E-state index >= 15 is 0 Å². The quantitative estimate of drug-likeness (QED) is 0.0574. The van der Waals surface area contributed by atoms with Crippen LogP contribution >= 0.6 is 0 Å². The van der Waals surface area contributed by atoms with Crippen molar-refractivity contribution in [2.45, 2.75) is 179 Å². The minimum Gasteiger partial charge on any atom is -0.748 e. The van der Waals surface area contributed by atoms with Crippen LogP contribution in [0.4, 0.5) is 0 Å². The molecule has 0 N–H and O–H groups in total. The van der Waals surface area contributed by atoms with Crippen LogP contribution in [0, 0.1) is 0 Å². The van der Waals surface area contributed by atoms with Crippen molar-refractivity contribution in [3.8, 4) is 0 Å². The Morgan fingerprint density at radius 3 is 0.838 bits per heavy atom. The standard InChI is InChI=1S/2C14H30O3S.Ba/c2*1-3-5-6-7-8-9-10-11-12-13-14(4-2)18(15,16)17;/h2*14H,3-13H2,1-2H3,(H,15,16,17);/q;;+2/p-2. The van der Waals surface area contributed by atoms with Crippen molar-refractivity contribution in [2.75, 3.05) is 0 Å². The van der Waals surface area contributed by atoms with E-state index in [1.54, 1.807) is 13.8 Å². The second kappa shape index (κ2) is 28.9. The Morgan fingerprint density at radius 2 is 0.649 bits per heavy atom. The molecule has 220 valence electrons. The summed E-state index contributed by atoms with van der Waals surface area (Å²) in [6, 6.07) is 0. The number of hydrogen-bond acceptors (Lipinski definition) is 6. The van der Waals surface area contributed by atoms with Crippen molar-refractivity contribution in [3.63, 3.8) is 0 Å². The van der Waals surface area contributed by atoms with Gasteiger partial charge >= 0.3 is 48.9 Å². The molecule has 37 heavy (non-hydrogen) atoms. The van der Waals surface area contributed by atoms with Crippen LogP contribution in [0.3, 0.4) is 0 Å². The van der Waals surface area contributed by atoms with Crippen molar-refractivity contribution >= 4 is 69.1 Å². The van der Waals surface area contributed by atoms with E-state index < -0.39 is 30.7 Å². The maximum Gasteiger partial charge on any atom is 2.00 e. The molecule has 2 unspecified atom stereocenters. The Bertz CT molecular complexity index is 610. The molecular formula is C28H58BaO6S2. The SMILES string of the molecule is CCCCCCCCCCCC(CC)S(=O)(=O)[O-].CCCCCCCCCCCC(CC)S(=O)(=O)[O-].[Ba+2]. The van der Waals surface area contributed by atoms with E-state index in [2.05, 4.69) is 13.8 Å². The molecule has 0 saturated carbocycles. The zero-order valence-corrected chi connectivity index (χ0v) is 30.8. The van der Waals surface area contributed by atoms with Crippen molar-refractivity contribution < 1.29 is 25.9 Å². The molecule has 0 fully saturated rings. The zero-order valence-electron chi connectivity index (χ0n) is 24.7. The monoisotopic (exact) mass is 692 g/mol. The van der Waals surface area contributed by atoms with Crippen LogP contribution in [0.25, 0.3) is 0 Å². The van der Waals surface area contributed by atoms with Crippen LogP contribution in [0.1, 0.15) is 169 Å². The molecule has 0 aliphatic rings. The molecule has 0 bridgehead atoms. The van der Waals surface area contributed by atoms with E-state index in [0.29, 0.717) is 25.7 Å². The number of hydrogen-bond donors (Lipinski definition) is 0. The first kappa shape index (κ1) is 42.9. The van der Waals surface area contributed by atoms with Gasteiger partial charge in [-0.2, -0.15) is 0 Å². The zero-order chi connectivity index (χ0) is 27.7. The van der Waals surface area contributed by atoms with Gasteiger partial charge in [0.2, 0.25) is 0 Å². The van der Waals surface area contributed by atoms with Crippen LogP contribution in [-0.4, -0.2) is 85.3 Å². The topological polar surface area (TPSA) is 114 Å². The summed E-state index contributed by atoms with van der Waals surface area (Å²) in [7, 11) is -8.15. The van der Waals surface area contributed by atoms with E-state index in [4.69, 9.17) is 0 Å². The molecule has 0 rings (SSSR count). The maximum absolute atomic E-state index is 10.9. The number of unbranched alkanes of at least 4 members (excludes halogenated alkanes) is 16. The smallest absolute Gasteiger partial charge is 0.748 e. The van der Waals surface area contributed by atoms with Crippen LogP contribution < -0.4 is 0 Å². The molecule has 0 saturated heterocycles. The third kappa shape index (κ3) is 30.2. The summed E-state index contributed by atoms with van der Waals surface area (Å²) in [5.41, 5.74) is 0. The molecular weight excluding hydrogens is 634 g/mol. The minimum atomic E-state index is -4.07.